The third-order valence-electron chi connectivity index (χ3n) is 2.67. The molecule has 0 saturated carbocycles. The van der Waals surface area contributed by atoms with Gasteiger partial charge in [0.05, 0.1) is 6.10 Å². The Morgan fingerprint density at radius 1 is 1.40 bits per heavy atom. The number of aryl methyl sites for hydroxylation is 1. The fourth-order valence-corrected chi connectivity index (χ4v) is 1.63. The summed E-state index contributed by atoms with van der Waals surface area (Å²) < 4.78 is 14.3. The summed E-state index contributed by atoms with van der Waals surface area (Å²) in [6.45, 7) is 0.0182. The SMILES string of the molecule is Cn1ccc(NC(=O)NCC(O)c2ccc(F)cc2)n1. The van der Waals surface area contributed by atoms with E-state index in [1.807, 2.05) is 0 Å². The molecule has 1 atom stereocenters. The standard InChI is InChI=1S/C13H15FN4O2/c1-18-7-6-12(17-18)16-13(20)15-8-11(19)9-2-4-10(14)5-3-9/h2-7,11,19H,8H2,1H3,(H2,15,16,17,20). The number of nitrogens with one attached hydrogen (secondary N) is 2. The molecule has 3 N–H and O–H groups in total. The van der Waals surface area contributed by atoms with E-state index in [0.717, 1.165) is 0 Å². The van der Waals surface area contributed by atoms with Crippen LogP contribution in [0.25, 0.3) is 0 Å². The van der Waals surface area contributed by atoms with Crippen LogP contribution in [0.15, 0.2) is 36.5 Å². The number of amides is 2. The number of carbonyl (C=O) groups excluding carboxylic acids is 1. The van der Waals surface area contributed by atoms with Gasteiger partial charge < -0.3 is 10.4 Å². The first-order valence-electron chi connectivity index (χ1n) is 6.02. The summed E-state index contributed by atoms with van der Waals surface area (Å²) in [5.74, 6) is 0.0445. The number of aliphatic hydroxyl groups is 1. The molecular weight excluding hydrogens is 263 g/mol. The number of hydrogen-bond donors (Lipinski definition) is 3. The number of anilines is 1. The summed E-state index contributed by atoms with van der Waals surface area (Å²) in [6, 6.07) is 6.64. The molecule has 0 aliphatic carbocycles. The van der Waals surface area contributed by atoms with Crippen LogP contribution in [0.4, 0.5) is 15.0 Å². The number of hydrogen-bond acceptors (Lipinski definition) is 3. The van der Waals surface area contributed by atoms with Gasteiger partial charge in [0, 0.05) is 25.9 Å². The van der Waals surface area contributed by atoms with Gasteiger partial charge in [-0.2, -0.15) is 5.10 Å². The summed E-state index contributed by atoms with van der Waals surface area (Å²) in [7, 11) is 1.74. The molecule has 0 radical (unpaired) electrons. The molecule has 7 heteroatoms. The van der Waals surface area contributed by atoms with Crippen molar-refractivity contribution in [3.05, 3.63) is 47.9 Å². The molecule has 1 aromatic heterocycles. The lowest BCUT2D eigenvalue weighted by Gasteiger charge is -2.12. The predicted molar refractivity (Wildman–Crippen MR) is 71.6 cm³/mol. The molecule has 0 spiro atoms. The minimum absolute atomic E-state index is 0.0182. The largest absolute Gasteiger partial charge is 0.387 e. The lowest BCUT2D eigenvalue weighted by molar-refractivity contribution is 0.175. The maximum atomic E-state index is 12.7. The predicted octanol–water partition coefficient (Wildman–Crippen LogP) is 1.41. The highest BCUT2D eigenvalue weighted by Gasteiger charge is 2.10. The van der Waals surface area contributed by atoms with Crippen LogP contribution in [-0.4, -0.2) is 27.5 Å². The molecule has 2 amide bonds. The second-order valence-electron chi connectivity index (χ2n) is 4.28. The molecule has 1 heterocycles. The first kappa shape index (κ1) is 14.0. The van der Waals surface area contributed by atoms with Crippen LogP contribution in [0.3, 0.4) is 0 Å². The molecule has 20 heavy (non-hydrogen) atoms. The minimum Gasteiger partial charge on any atom is -0.387 e. The van der Waals surface area contributed by atoms with E-state index in [4.69, 9.17) is 0 Å². The Hall–Kier alpha value is -2.41. The quantitative estimate of drug-likeness (QED) is 0.791. The van der Waals surface area contributed by atoms with Crippen molar-refractivity contribution < 1.29 is 14.3 Å². The Kier molecular flexibility index (Phi) is 4.31. The summed E-state index contributed by atoms with van der Waals surface area (Å²) in [6.07, 6.45) is 0.799. The van der Waals surface area contributed by atoms with Crippen LogP contribution >= 0.6 is 0 Å². The third kappa shape index (κ3) is 3.79. The van der Waals surface area contributed by atoms with Crippen molar-refractivity contribution in [1.29, 1.82) is 0 Å². The number of urea groups is 1. The van der Waals surface area contributed by atoms with Gasteiger partial charge in [0.25, 0.3) is 0 Å². The molecule has 1 aromatic carbocycles. The van der Waals surface area contributed by atoms with E-state index in [1.165, 1.54) is 24.3 Å². The maximum Gasteiger partial charge on any atom is 0.320 e. The highest BCUT2D eigenvalue weighted by atomic mass is 19.1. The van der Waals surface area contributed by atoms with Gasteiger partial charge in [-0.05, 0) is 17.7 Å². The van der Waals surface area contributed by atoms with Gasteiger partial charge in [0.15, 0.2) is 5.82 Å². The average Bonchev–Trinajstić information content (AvgIpc) is 2.82. The minimum atomic E-state index is -0.898. The van der Waals surface area contributed by atoms with Crippen LogP contribution in [0.2, 0.25) is 0 Å². The Morgan fingerprint density at radius 3 is 2.70 bits per heavy atom. The van der Waals surface area contributed by atoms with E-state index in [-0.39, 0.29) is 12.4 Å². The fourth-order valence-electron chi connectivity index (χ4n) is 1.63. The van der Waals surface area contributed by atoms with Gasteiger partial charge in [0.2, 0.25) is 0 Å². The van der Waals surface area contributed by atoms with Crippen LogP contribution in [0, 0.1) is 5.82 Å². The molecule has 0 aliphatic rings. The zero-order valence-corrected chi connectivity index (χ0v) is 10.9. The van der Waals surface area contributed by atoms with E-state index in [2.05, 4.69) is 15.7 Å². The zero-order valence-electron chi connectivity index (χ0n) is 10.9. The van der Waals surface area contributed by atoms with Crippen molar-refractivity contribution in [3.63, 3.8) is 0 Å². The molecule has 6 nitrogen and oxygen atoms in total. The summed E-state index contributed by atoms with van der Waals surface area (Å²) in [5.41, 5.74) is 0.532. The van der Waals surface area contributed by atoms with Crippen molar-refractivity contribution in [3.8, 4) is 0 Å². The summed E-state index contributed by atoms with van der Waals surface area (Å²) >= 11 is 0. The Morgan fingerprint density at radius 2 is 2.10 bits per heavy atom. The Labute approximate surface area is 115 Å². The normalized spacial score (nSPS) is 11.9. The van der Waals surface area contributed by atoms with Gasteiger partial charge >= 0.3 is 6.03 Å². The first-order chi connectivity index (χ1) is 9.54. The maximum absolute atomic E-state index is 12.7. The zero-order chi connectivity index (χ0) is 14.5. The second kappa shape index (κ2) is 6.16. The van der Waals surface area contributed by atoms with Gasteiger partial charge in [-0.3, -0.25) is 10.00 Å². The lowest BCUT2D eigenvalue weighted by atomic mass is 10.1. The summed E-state index contributed by atoms with van der Waals surface area (Å²) in [4.78, 5) is 11.6. The molecule has 0 fully saturated rings. The smallest absolute Gasteiger partial charge is 0.320 e. The fraction of sp³-hybridized carbons (Fsp3) is 0.231. The van der Waals surface area contributed by atoms with Crippen LogP contribution in [0.5, 0.6) is 0 Å². The van der Waals surface area contributed by atoms with Crippen molar-refractivity contribution in [2.24, 2.45) is 7.05 Å². The van der Waals surface area contributed by atoms with E-state index < -0.39 is 12.1 Å². The van der Waals surface area contributed by atoms with Gasteiger partial charge in [-0.15, -0.1) is 0 Å². The van der Waals surface area contributed by atoms with Gasteiger partial charge in [-0.1, -0.05) is 12.1 Å². The van der Waals surface area contributed by atoms with Gasteiger partial charge in [0.1, 0.15) is 5.82 Å². The highest BCUT2D eigenvalue weighted by Crippen LogP contribution is 2.12. The number of rotatable bonds is 4. The molecular formula is C13H15FN4O2. The van der Waals surface area contributed by atoms with Crippen molar-refractivity contribution in [2.75, 3.05) is 11.9 Å². The number of aliphatic hydroxyl groups excluding tert-OH is 1. The molecule has 0 aliphatic heterocycles. The first-order valence-corrected chi connectivity index (χ1v) is 6.02. The number of nitrogens with zero attached hydrogens (tertiary/aromatic N) is 2. The topological polar surface area (TPSA) is 79.2 Å². The second-order valence-corrected chi connectivity index (χ2v) is 4.28. The number of halogens is 1. The molecule has 0 bridgehead atoms. The molecule has 0 saturated heterocycles. The number of benzene rings is 1. The Balaban J connectivity index is 1.82. The lowest BCUT2D eigenvalue weighted by Crippen LogP contribution is -2.32. The molecule has 1 unspecified atom stereocenters. The monoisotopic (exact) mass is 278 g/mol. The van der Waals surface area contributed by atoms with Crippen LogP contribution < -0.4 is 10.6 Å². The van der Waals surface area contributed by atoms with E-state index in [9.17, 15) is 14.3 Å². The highest BCUT2D eigenvalue weighted by molar-refractivity contribution is 5.88. The van der Waals surface area contributed by atoms with Crippen LogP contribution in [0.1, 0.15) is 11.7 Å². The average molecular weight is 278 g/mol. The Bertz CT molecular complexity index is 582. The van der Waals surface area contributed by atoms with E-state index in [1.54, 1.807) is 24.0 Å². The van der Waals surface area contributed by atoms with E-state index >= 15 is 0 Å². The molecule has 2 rings (SSSR count). The number of carbonyl (C=O) groups is 1. The molecule has 2 aromatic rings. The molecule has 106 valence electrons. The van der Waals surface area contributed by atoms with Crippen molar-refractivity contribution in [2.45, 2.75) is 6.10 Å². The van der Waals surface area contributed by atoms with Crippen molar-refractivity contribution in [1.82, 2.24) is 15.1 Å². The van der Waals surface area contributed by atoms with E-state index in [0.29, 0.717) is 11.4 Å². The van der Waals surface area contributed by atoms with Gasteiger partial charge in [-0.25, -0.2) is 9.18 Å². The third-order valence-corrected chi connectivity index (χ3v) is 2.67. The summed E-state index contributed by atoms with van der Waals surface area (Å²) in [5, 5.41) is 18.9. The van der Waals surface area contributed by atoms with Crippen LogP contribution in [-0.2, 0) is 7.05 Å². The van der Waals surface area contributed by atoms with Crippen molar-refractivity contribution >= 4 is 11.8 Å². The number of aromatic nitrogens is 2.